The zero-order valence-corrected chi connectivity index (χ0v) is 8.59. The smallest absolute Gasteiger partial charge is 0.242 e. The third kappa shape index (κ3) is 1.45. The van der Waals surface area contributed by atoms with Gasteiger partial charge in [0.05, 0.1) is 12.6 Å². The maximum atomic E-state index is 5.13. The number of anilines is 2. The normalized spacial score (nSPS) is 17.6. The SMILES string of the molecule is COc1ncnc2c1NCC(C)(C)N2. The van der Waals surface area contributed by atoms with Gasteiger partial charge in [-0.15, -0.1) is 0 Å². The summed E-state index contributed by atoms with van der Waals surface area (Å²) in [5.41, 5.74) is 0.848. The first-order valence-electron chi connectivity index (χ1n) is 4.53. The van der Waals surface area contributed by atoms with E-state index in [2.05, 4.69) is 34.4 Å². The van der Waals surface area contributed by atoms with Gasteiger partial charge >= 0.3 is 0 Å². The summed E-state index contributed by atoms with van der Waals surface area (Å²) in [4.78, 5) is 8.18. The van der Waals surface area contributed by atoms with Gasteiger partial charge in [0.15, 0.2) is 5.82 Å². The van der Waals surface area contributed by atoms with Crippen molar-refractivity contribution in [3.05, 3.63) is 6.33 Å². The minimum Gasteiger partial charge on any atom is -0.479 e. The van der Waals surface area contributed by atoms with E-state index in [1.54, 1.807) is 7.11 Å². The summed E-state index contributed by atoms with van der Waals surface area (Å²) in [5.74, 6) is 1.38. The number of ether oxygens (including phenoxy) is 1. The summed E-state index contributed by atoms with van der Waals surface area (Å²) >= 11 is 0. The number of rotatable bonds is 1. The average molecular weight is 194 g/mol. The summed E-state index contributed by atoms with van der Waals surface area (Å²) in [6, 6.07) is 0. The van der Waals surface area contributed by atoms with Gasteiger partial charge in [0, 0.05) is 6.54 Å². The Hall–Kier alpha value is -1.52. The van der Waals surface area contributed by atoms with Crippen molar-refractivity contribution in [1.82, 2.24) is 9.97 Å². The monoisotopic (exact) mass is 194 g/mol. The van der Waals surface area contributed by atoms with E-state index in [-0.39, 0.29) is 5.54 Å². The number of methoxy groups -OCH3 is 1. The highest BCUT2D eigenvalue weighted by atomic mass is 16.5. The van der Waals surface area contributed by atoms with Crippen LogP contribution in [0.15, 0.2) is 6.33 Å². The van der Waals surface area contributed by atoms with Gasteiger partial charge in [0.2, 0.25) is 5.88 Å². The first kappa shape index (κ1) is 9.05. The summed E-state index contributed by atoms with van der Waals surface area (Å²) < 4.78 is 5.13. The van der Waals surface area contributed by atoms with E-state index in [1.165, 1.54) is 6.33 Å². The van der Waals surface area contributed by atoms with Gasteiger partial charge in [-0.2, -0.15) is 4.98 Å². The fourth-order valence-electron chi connectivity index (χ4n) is 1.45. The molecule has 0 spiro atoms. The largest absolute Gasteiger partial charge is 0.479 e. The number of hydrogen-bond donors (Lipinski definition) is 2. The van der Waals surface area contributed by atoms with Gasteiger partial charge in [0.1, 0.15) is 12.0 Å². The minimum absolute atomic E-state index is 0.00631. The summed E-state index contributed by atoms with van der Waals surface area (Å²) in [5, 5.41) is 6.58. The molecule has 76 valence electrons. The van der Waals surface area contributed by atoms with Gasteiger partial charge < -0.3 is 15.4 Å². The summed E-state index contributed by atoms with van der Waals surface area (Å²) in [6.45, 7) is 5.04. The molecule has 1 aliphatic heterocycles. The quantitative estimate of drug-likeness (QED) is 0.701. The van der Waals surface area contributed by atoms with Crippen LogP contribution < -0.4 is 15.4 Å². The lowest BCUT2D eigenvalue weighted by Crippen LogP contribution is -2.42. The zero-order chi connectivity index (χ0) is 10.2. The molecule has 2 N–H and O–H groups in total. The molecule has 0 unspecified atom stereocenters. The maximum absolute atomic E-state index is 5.13. The predicted molar refractivity (Wildman–Crippen MR) is 54.8 cm³/mol. The number of nitrogens with zero attached hydrogens (tertiary/aromatic N) is 2. The molecule has 1 aromatic heterocycles. The molecular formula is C9H14N4O. The number of hydrogen-bond acceptors (Lipinski definition) is 5. The molecule has 14 heavy (non-hydrogen) atoms. The molecule has 0 radical (unpaired) electrons. The van der Waals surface area contributed by atoms with Crippen LogP contribution in [0.1, 0.15) is 13.8 Å². The van der Waals surface area contributed by atoms with Gasteiger partial charge in [-0.1, -0.05) is 0 Å². The topological polar surface area (TPSA) is 59.1 Å². The molecule has 0 fully saturated rings. The Bertz CT molecular complexity index is 351. The van der Waals surface area contributed by atoms with E-state index >= 15 is 0 Å². The Labute approximate surface area is 82.9 Å². The minimum atomic E-state index is 0.00631. The van der Waals surface area contributed by atoms with Crippen molar-refractivity contribution in [3.8, 4) is 5.88 Å². The molecule has 2 rings (SSSR count). The molecule has 0 amide bonds. The third-order valence-corrected chi connectivity index (χ3v) is 2.17. The Balaban J connectivity index is 2.40. The fourth-order valence-corrected chi connectivity index (χ4v) is 1.45. The van der Waals surface area contributed by atoms with Crippen LogP contribution >= 0.6 is 0 Å². The van der Waals surface area contributed by atoms with Crippen molar-refractivity contribution in [1.29, 1.82) is 0 Å². The van der Waals surface area contributed by atoms with Crippen LogP contribution in [0.3, 0.4) is 0 Å². The van der Waals surface area contributed by atoms with Crippen molar-refractivity contribution >= 4 is 11.5 Å². The fraction of sp³-hybridized carbons (Fsp3) is 0.556. The zero-order valence-electron chi connectivity index (χ0n) is 8.59. The first-order valence-corrected chi connectivity index (χ1v) is 4.53. The highest BCUT2D eigenvalue weighted by molar-refractivity contribution is 5.72. The lowest BCUT2D eigenvalue weighted by atomic mass is 10.0. The highest BCUT2D eigenvalue weighted by Crippen LogP contribution is 2.33. The Morgan fingerprint density at radius 2 is 2.21 bits per heavy atom. The molecule has 0 aliphatic carbocycles. The van der Waals surface area contributed by atoms with E-state index in [9.17, 15) is 0 Å². The average Bonchev–Trinajstić information content (AvgIpc) is 2.15. The van der Waals surface area contributed by atoms with Crippen LogP contribution in [-0.4, -0.2) is 29.2 Å². The van der Waals surface area contributed by atoms with Gasteiger partial charge in [-0.25, -0.2) is 4.98 Å². The predicted octanol–water partition coefficient (Wildman–Crippen LogP) is 1.10. The standard InChI is InChI=1S/C9H14N4O/c1-9(2)4-10-6-7(13-9)11-5-12-8(6)14-3/h5,10H,4H2,1-3H3,(H,11,12,13). The molecule has 5 nitrogen and oxygen atoms in total. The lowest BCUT2D eigenvalue weighted by Gasteiger charge is -2.33. The molecular weight excluding hydrogens is 180 g/mol. The maximum Gasteiger partial charge on any atom is 0.242 e. The number of aromatic nitrogens is 2. The third-order valence-electron chi connectivity index (χ3n) is 2.17. The highest BCUT2D eigenvalue weighted by Gasteiger charge is 2.27. The van der Waals surface area contributed by atoms with E-state index in [1.807, 2.05) is 0 Å². The molecule has 0 aromatic carbocycles. The first-order chi connectivity index (χ1) is 6.62. The summed E-state index contributed by atoms with van der Waals surface area (Å²) in [7, 11) is 1.60. The molecule has 0 atom stereocenters. The molecule has 0 saturated heterocycles. The second-order valence-electron chi connectivity index (χ2n) is 3.97. The van der Waals surface area contributed by atoms with E-state index in [4.69, 9.17) is 4.74 Å². The van der Waals surface area contributed by atoms with Gasteiger partial charge in [0.25, 0.3) is 0 Å². The van der Waals surface area contributed by atoms with Crippen LogP contribution in [0, 0.1) is 0 Å². The Morgan fingerprint density at radius 1 is 1.43 bits per heavy atom. The van der Waals surface area contributed by atoms with Crippen molar-refractivity contribution in [2.45, 2.75) is 19.4 Å². The molecule has 0 saturated carbocycles. The van der Waals surface area contributed by atoms with Crippen LogP contribution in [0.2, 0.25) is 0 Å². The van der Waals surface area contributed by atoms with Crippen molar-refractivity contribution in [2.75, 3.05) is 24.3 Å². The van der Waals surface area contributed by atoms with E-state index < -0.39 is 0 Å². The lowest BCUT2D eigenvalue weighted by molar-refractivity contribution is 0.397. The van der Waals surface area contributed by atoms with E-state index in [0.717, 1.165) is 18.1 Å². The second kappa shape index (κ2) is 3.01. The molecule has 0 bridgehead atoms. The molecule has 5 heteroatoms. The van der Waals surface area contributed by atoms with Crippen LogP contribution in [-0.2, 0) is 0 Å². The number of nitrogens with one attached hydrogen (secondary N) is 2. The van der Waals surface area contributed by atoms with Crippen molar-refractivity contribution < 1.29 is 4.74 Å². The van der Waals surface area contributed by atoms with Crippen molar-refractivity contribution in [2.24, 2.45) is 0 Å². The van der Waals surface area contributed by atoms with Gasteiger partial charge in [-0.05, 0) is 13.8 Å². The van der Waals surface area contributed by atoms with Gasteiger partial charge in [-0.3, -0.25) is 0 Å². The van der Waals surface area contributed by atoms with Crippen molar-refractivity contribution in [3.63, 3.8) is 0 Å². The molecule has 1 aliphatic rings. The second-order valence-corrected chi connectivity index (χ2v) is 3.97. The Morgan fingerprint density at radius 3 is 2.93 bits per heavy atom. The van der Waals surface area contributed by atoms with Crippen LogP contribution in [0.25, 0.3) is 0 Å². The molecule has 1 aromatic rings. The summed E-state index contributed by atoms with van der Waals surface area (Å²) in [6.07, 6.45) is 1.49. The van der Waals surface area contributed by atoms with Crippen LogP contribution in [0.4, 0.5) is 11.5 Å². The van der Waals surface area contributed by atoms with Crippen LogP contribution in [0.5, 0.6) is 5.88 Å². The van der Waals surface area contributed by atoms with E-state index in [0.29, 0.717) is 5.88 Å². The number of fused-ring (bicyclic) bond motifs is 1. The molecule has 2 heterocycles. The Kier molecular flexibility index (Phi) is 1.94.